The van der Waals surface area contributed by atoms with Gasteiger partial charge >= 0.3 is 0 Å². The maximum Gasteiger partial charge on any atom is -0.00990 e. The first-order valence-electron chi connectivity index (χ1n) is 11.0. The molecule has 0 bridgehead atoms. The summed E-state index contributed by atoms with van der Waals surface area (Å²) in [5.74, 6) is 0. The predicted molar refractivity (Wildman–Crippen MR) is 138 cm³/mol. The quantitative estimate of drug-likeness (QED) is 0.275. The van der Waals surface area contributed by atoms with E-state index < -0.39 is 0 Å². The first-order valence-corrected chi connectivity index (χ1v) is 11.0. The van der Waals surface area contributed by atoms with Crippen LogP contribution in [0, 0.1) is 0 Å². The van der Waals surface area contributed by atoms with Crippen molar-refractivity contribution >= 4 is 21.5 Å². The van der Waals surface area contributed by atoms with Gasteiger partial charge in [-0.1, -0.05) is 133 Å². The summed E-state index contributed by atoms with van der Waals surface area (Å²) >= 11 is 0. The average Bonchev–Trinajstić information content (AvgIpc) is 2.88. The van der Waals surface area contributed by atoms with Crippen molar-refractivity contribution in [1.29, 1.82) is 0 Å². The largest absolute Gasteiger partial charge is 0.0616 e. The van der Waals surface area contributed by atoms with Gasteiger partial charge in [0.1, 0.15) is 0 Å². The van der Waals surface area contributed by atoms with Crippen molar-refractivity contribution in [3.63, 3.8) is 0 Å². The number of fused-ring (bicyclic) bond motifs is 2. The van der Waals surface area contributed by atoms with Crippen molar-refractivity contribution in [3.05, 3.63) is 133 Å². The first kappa shape index (κ1) is 18.6. The van der Waals surface area contributed by atoms with Crippen LogP contribution in [-0.4, -0.2) is 0 Å². The fourth-order valence-corrected chi connectivity index (χ4v) is 4.83. The maximum atomic E-state index is 2.25. The predicted octanol–water partition coefficient (Wildman–Crippen LogP) is 8.99. The summed E-state index contributed by atoms with van der Waals surface area (Å²) in [7, 11) is 0. The molecule has 0 N–H and O–H groups in total. The molecule has 0 fully saturated rings. The van der Waals surface area contributed by atoms with E-state index in [0.29, 0.717) is 0 Å². The van der Waals surface area contributed by atoms with E-state index in [1.54, 1.807) is 0 Å². The Morgan fingerprint density at radius 2 is 0.500 bits per heavy atom. The molecule has 0 amide bonds. The number of hydrogen-bond donors (Lipinski definition) is 0. The van der Waals surface area contributed by atoms with E-state index in [9.17, 15) is 0 Å². The highest BCUT2D eigenvalue weighted by Gasteiger charge is 2.14. The van der Waals surface area contributed by atoms with Crippen LogP contribution >= 0.6 is 0 Å². The minimum absolute atomic E-state index is 1.26. The maximum absolute atomic E-state index is 2.25. The summed E-state index contributed by atoms with van der Waals surface area (Å²) in [6.45, 7) is 0. The Morgan fingerprint density at radius 3 is 0.938 bits per heavy atom. The third-order valence-electron chi connectivity index (χ3n) is 6.30. The van der Waals surface area contributed by atoms with Gasteiger partial charge in [-0.2, -0.15) is 0 Å². The molecule has 0 nitrogen and oxygen atoms in total. The molecule has 0 aliphatic rings. The zero-order chi connectivity index (χ0) is 21.3. The average molecular weight is 407 g/mol. The van der Waals surface area contributed by atoms with Gasteiger partial charge in [0.15, 0.2) is 0 Å². The van der Waals surface area contributed by atoms with E-state index >= 15 is 0 Å². The number of rotatable bonds is 3. The van der Waals surface area contributed by atoms with Crippen molar-refractivity contribution < 1.29 is 0 Å². The lowest BCUT2D eigenvalue weighted by atomic mass is 9.87. The molecule has 0 aliphatic heterocycles. The molecule has 6 aromatic rings. The Hall–Kier alpha value is -4.16. The van der Waals surface area contributed by atoms with Crippen molar-refractivity contribution in [1.82, 2.24) is 0 Å². The fourth-order valence-electron chi connectivity index (χ4n) is 4.83. The monoisotopic (exact) mass is 406 g/mol. The van der Waals surface area contributed by atoms with E-state index in [-0.39, 0.29) is 0 Å². The van der Waals surface area contributed by atoms with Crippen molar-refractivity contribution in [2.75, 3.05) is 0 Å². The molecule has 0 unspecified atom stereocenters. The summed E-state index contributed by atoms with van der Waals surface area (Å²) in [6, 6.07) is 48.0. The van der Waals surface area contributed by atoms with E-state index in [0.717, 1.165) is 0 Å². The molecule has 32 heavy (non-hydrogen) atoms. The number of hydrogen-bond acceptors (Lipinski definition) is 0. The second-order valence-corrected chi connectivity index (χ2v) is 8.14. The van der Waals surface area contributed by atoms with Gasteiger partial charge in [0.2, 0.25) is 0 Å². The lowest BCUT2D eigenvalue weighted by Gasteiger charge is -2.17. The van der Waals surface area contributed by atoms with Gasteiger partial charge in [-0.05, 0) is 54.9 Å². The molecule has 0 saturated carbocycles. The van der Waals surface area contributed by atoms with Gasteiger partial charge in [-0.25, -0.2) is 0 Å². The lowest BCUT2D eigenvalue weighted by molar-refractivity contribution is 1.58. The summed E-state index contributed by atoms with van der Waals surface area (Å²) in [5.41, 5.74) is 7.58. The highest BCUT2D eigenvalue weighted by Crippen LogP contribution is 2.41. The van der Waals surface area contributed by atoms with Crippen molar-refractivity contribution in [2.24, 2.45) is 0 Å². The Morgan fingerprint density at radius 1 is 0.219 bits per heavy atom. The molecule has 0 aliphatic carbocycles. The van der Waals surface area contributed by atoms with Crippen LogP contribution in [0.2, 0.25) is 0 Å². The minimum Gasteiger partial charge on any atom is -0.0616 e. The van der Waals surface area contributed by atoms with Gasteiger partial charge in [0.05, 0.1) is 0 Å². The van der Waals surface area contributed by atoms with Crippen LogP contribution in [0.1, 0.15) is 0 Å². The van der Waals surface area contributed by atoms with Crippen LogP contribution < -0.4 is 0 Å². The van der Waals surface area contributed by atoms with Gasteiger partial charge in [0.25, 0.3) is 0 Å². The Balaban J connectivity index is 1.63. The summed E-state index contributed by atoms with van der Waals surface area (Å²) in [4.78, 5) is 0. The van der Waals surface area contributed by atoms with Gasteiger partial charge < -0.3 is 0 Å². The summed E-state index contributed by atoms with van der Waals surface area (Å²) in [6.07, 6.45) is 0. The SMILES string of the molecule is c1ccc(-c2cccc3ccccc23)c(-c2ccccc2-c2cccc3ccccc23)c1. The van der Waals surface area contributed by atoms with Crippen LogP contribution in [0.4, 0.5) is 0 Å². The zero-order valence-corrected chi connectivity index (χ0v) is 17.7. The topological polar surface area (TPSA) is 0 Å². The van der Waals surface area contributed by atoms with E-state index in [2.05, 4.69) is 133 Å². The highest BCUT2D eigenvalue weighted by atomic mass is 14.2. The molecule has 0 aromatic heterocycles. The Labute approximate surface area is 188 Å². The van der Waals surface area contributed by atoms with Crippen LogP contribution in [0.25, 0.3) is 54.9 Å². The Bertz CT molecular complexity index is 1440. The molecule has 150 valence electrons. The first-order chi connectivity index (χ1) is 15.9. The molecule has 0 radical (unpaired) electrons. The summed E-state index contributed by atoms with van der Waals surface area (Å²) < 4.78 is 0. The van der Waals surface area contributed by atoms with Crippen LogP contribution in [0.3, 0.4) is 0 Å². The lowest BCUT2D eigenvalue weighted by Crippen LogP contribution is -1.90. The van der Waals surface area contributed by atoms with E-state index in [1.807, 2.05) is 0 Å². The van der Waals surface area contributed by atoms with Gasteiger partial charge in [-0.15, -0.1) is 0 Å². The smallest absolute Gasteiger partial charge is 0.00990 e. The van der Waals surface area contributed by atoms with Crippen LogP contribution in [0.5, 0.6) is 0 Å². The standard InChI is InChI=1S/C32H22/c1-3-15-25-23(11-1)13-9-21-27(25)29-17-5-7-19-31(29)32-20-8-6-18-30(32)28-22-10-14-24-12-2-4-16-26(24)28/h1-22H. The van der Waals surface area contributed by atoms with Crippen LogP contribution in [0.15, 0.2) is 133 Å². The van der Waals surface area contributed by atoms with Gasteiger partial charge in [-0.3, -0.25) is 0 Å². The van der Waals surface area contributed by atoms with Crippen LogP contribution in [-0.2, 0) is 0 Å². The molecular weight excluding hydrogens is 384 g/mol. The molecule has 0 saturated heterocycles. The zero-order valence-electron chi connectivity index (χ0n) is 17.7. The van der Waals surface area contributed by atoms with Gasteiger partial charge in [0, 0.05) is 0 Å². The third kappa shape index (κ3) is 3.09. The summed E-state index contributed by atoms with van der Waals surface area (Å²) in [5, 5.41) is 5.10. The molecular formula is C32H22. The molecule has 0 heteroatoms. The van der Waals surface area contributed by atoms with Crippen molar-refractivity contribution in [2.45, 2.75) is 0 Å². The van der Waals surface area contributed by atoms with E-state index in [1.165, 1.54) is 54.9 Å². The second-order valence-electron chi connectivity index (χ2n) is 8.14. The molecule has 0 heterocycles. The minimum atomic E-state index is 1.26. The molecule has 6 aromatic carbocycles. The second kappa shape index (κ2) is 7.83. The fraction of sp³-hybridized carbons (Fsp3) is 0. The van der Waals surface area contributed by atoms with E-state index in [4.69, 9.17) is 0 Å². The normalized spacial score (nSPS) is 11.1. The molecule has 0 atom stereocenters. The molecule has 0 spiro atoms. The third-order valence-corrected chi connectivity index (χ3v) is 6.30. The Kier molecular flexibility index (Phi) is 4.55. The highest BCUT2D eigenvalue weighted by molar-refractivity contribution is 6.04. The number of benzene rings is 6. The van der Waals surface area contributed by atoms with Crippen molar-refractivity contribution in [3.8, 4) is 33.4 Å². The molecule has 6 rings (SSSR count).